The van der Waals surface area contributed by atoms with Crippen LogP contribution < -0.4 is 18.9 Å². The highest BCUT2D eigenvalue weighted by atomic mass is 31.2. The topological polar surface area (TPSA) is 77.1 Å². The first-order chi connectivity index (χ1) is 36.7. The Kier molecular flexibility index (Phi) is 17.1. The van der Waals surface area contributed by atoms with Crippen LogP contribution in [0.1, 0.15) is 260 Å². The van der Waals surface area contributed by atoms with Gasteiger partial charge in [-0.3, -0.25) is 0 Å². The van der Waals surface area contributed by atoms with Crippen molar-refractivity contribution in [3.8, 4) is 23.0 Å². The quantitative estimate of drug-likeness (QED) is 0.152. The average molecular weight is 1130 g/mol. The molecule has 450 valence electrons. The Bertz CT molecular complexity index is 2460. The molecule has 0 radical (unpaired) electrons. The second-order valence-corrected chi connectivity index (χ2v) is 33.9. The molecule has 0 unspecified atom stereocenters. The SMILES string of the molecule is COc1c(C(C)(C)C)cc(C2(c3cc(C(C)(C)C)c(OC)c(C(C)(C)C)c3)OP(N3CCCC3)OC(c3cc(C(C)(C)C)c(OC)c(C(C)(C)C)c3)(c3cc(C(C)(C)C)c(OC)c(C(C)(C)C)c3)[C@@H]3OC(C)(C)O[C@H]32)cc1C(C)(C)C. The summed E-state index contributed by atoms with van der Waals surface area (Å²) in [4.78, 5) is 0. The van der Waals surface area contributed by atoms with Crippen molar-refractivity contribution < 1.29 is 37.5 Å². The molecule has 0 aliphatic carbocycles. The van der Waals surface area contributed by atoms with Gasteiger partial charge in [0.2, 0.25) is 0 Å². The number of nitrogens with zero attached hydrogens (tertiary/aromatic N) is 1. The second kappa shape index (κ2) is 21.4. The van der Waals surface area contributed by atoms with Crippen molar-refractivity contribution >= 4 is 8.53 Å². The highest BCUT2D eigenvalue weighted by Crippen LogP contribution is 2.68. The number of benzene rings is 4. The van der Waals surface area contributed by atoms with Gasteiger partial charge in [0, 0.05) is 57.6 Å². The zero-order valence-electron chi connectivity index (χ0n) is 56.3. The van der Waals surface area contributed by atoms with Crippen molar-refractivity contribution in [2.24, 2.45) is 0 Å². The fourth-order valence-corrected chi connectivity index (χ4v) is 14.6. The molecule has 0 spiro atoms. The molecular formula is C71H108NO8P. The standard InChI is InChI=1S/C71H108NO8P/c1-61(2,3)47-35-43(36-48(55(47)73-27)62(4,5)6)70(44-37-49(63(7,8)9)56(74-28)50(38-44)64(10,11)12)59-60(78-69(25,26)77-59)71(80-81(79-70)72-33-31-32-34-72,45-39-51(65(13,14)15)57(75-29)52(40-45)66(16,17)18)46-41-53(67(19,20)21)58(76-30)54(42-46)68(22,23)24/h35-42,59-60H,31-34H2,1-30H3/t59-,60-/m1/s1. The first-order valence-electron chi connectivity index (χ1n) is 30.0. The molecular weight excluding hydrogens is 1030 g/mol. The summed E-state index contributed by atoms with van der Waals surface area (Å²) in [6.07, 6.45) is 0.262. The first-order valence-corrected chi connectivity index (χ1v) is 31.1. The summed E-state index contributed by atoms with van der Waals surface area (Å²) in [6.45, 7) is 60.5. The monoisotopic (exact) mass is 1130 g/mol. The molecule has 0 amide bonds. The van der Waals surface area contributed by atoms with Crippen LogP contribution in [0.5, 0.6) is 23.0 Å². The Labute approximate surface area is 493 Å². The Morgan fingerprint density at radius 3 is 0.704 bits per heavy atom. The minimum Gasteiger partial charge on any atom is -0.496 e. The van der Waals surface area contributed by atoms with E-state index in [0.29, 0.717) is 0 Å². The molecule has 4 aromatic carbocycles. The highest BCUT2D eigenvalue weighted by Gasteiger charge is 2.69. The molecule has 0 bridgehead atoms. The summed E-state index contributed by atoms with van der Waals surface area (Å²) in [7, 11) is 5.22. The van der Waals surface area contributed by atoms with Gasteiger partial charge < -0.3 is 37.5 Å². The third kappa shape index (κ3) is 12.0. The van der Waals surface area contributed by atoms with Crippen LogP contribution in [0.25, 0.3) is 0 Å². The van der Waals surface area contributed by atoms with Crippen LogP contribution in [0.4, 0.5) is 0 Å². The van der Waals surface area contributed by atoms with Crippen LogP contribution in [0.3, 0.4) is 0 Å². The van der Waals surface area contributed by atoms with Crippen molar-refractivity contribution in [1.82, 2.24) is 4.67 Å². The molecule has 81 heavy (non-hydrogen) atoms. The lowest BCUT2D eigenvalue weighted by Gasteiger charge is -2.44. The lowest BCUT2D eigenvalue weighted by atomic mass is 9.66. The molecule has 4 aromatic rings. The molecule has 3 aliphatic rings. The minimum absolute atomic E-state index is 0.364. The summed E-state index contributed by atoms with van der Waals surface area (Å²) in [5.41, 5.74) is 6.65. The van der Waals surface area contributed by atoms with E-state index in [1.165, 1.54) is 0 Å². The fourth-order valence-electron chi connectivity index (χ4n) is 12.6. The number of fused-ring (bicyclic) bond motifs is 1. The molecule has 2 atom stereocenters. The largest absolute Gasteiger partial charge is 0.496 e. The van der Waals surface area contributed by atoms with Gasteiger partial charge in [0.15, 0.2) is 17.0 Å². The second-order valence-electron chi connectivity index (χ2n) is 32.4. The smallest absolute Gasteiger partial charge is 0.261 e. The number of rotatable bonds is 9. The lowest BCUT2D eigenvalue weighted by Crippen LogP contribution is -2.54. The molecule has 3 heterocycles. The number of hydrogen-bond donors (Lipinski definition) is 0. The fraction of sp³-hybridized carbons (Fsp3) is 0.662. The Morgan fingerprint density at radius 2 is 0.543 bits per heavy atom. The molecule has 3 saturated heterocycles. The normalized spacial score (nSPS) is 20.5. The third-order valence-electron chi connectivity index (χ3n) is 17.0. The van der Waals surface area contributed by atoms with E-state index in [1.54, 1.807) is 0 Å². The van der Waals surface area contributed by atoms with Crippen LogP contribution in [0.15, 0.2) is 48.5 Å². The van der Waals surface area contributed by atoms with Gasteiger partial charge in [0.1, 0.15) is 35.2 Å². The number of ether oxygens (including phenoxy) is 6. The predicted octanol–water partition coefficient (Wildman–Crippen LogP) is 18.2. The van der Waals surface area contributed by atoms with E-state index < -0.39 is 37.7 Å². The summed E-state index contributed by atoms with van der Waals surface area (Å²) < 4.78 is 62.3. The molecule has 10 heteroatoms. The Balaban J connectivity index is 1.90. The number of methoxy groups -OCH3 is 4. The zero-order chi connectivity index (χ0) is 61.2. The molecule has 7 rings (SSSR count). The maximum Gasteiger partial charge on any atom is 0.261 e. The predicted molar refractivity (Wildman–Crippen MR) is 337 cm³/mol. The highest BCUT2D eigenvalue weighted by molar-refractivity contribution is 7.44. The van der Waals surface area contributed by atoms with Gasteiger partial charge in [-0.25, -0.2) is 4.67 Å². The first kappa shape index (κ1) is 64.9. The minimum atomic E-state index is -2.02. The molecule has 0 N–H and O–H groups in total. The van der Waals surface area contributed by atoms with E-state index >= 15 is 0 Å². The maximum absolute atomic E-state index is 8.69. The molecule has 3 fully saturated rings. The molecule has 9 nitrogen and oxygen atoms in total. The van der Waals surface area contributed by atoms with Crippen LogP contribution in [0.2, 0.25) is 0 Å². The van der Waals surface area contributed by atoms with Crippen LogP contribution >= 0.6 is 8.53 Å². The summed E-state index contributed by atoms with van der Waals surface area (Å²) in [5, 5.41) is 0. The maximum atomic E-state index is 8.69. The van der Waals surface area contributed by atoms with E-state index in [2.05, 4.69) is 233 Å². The van der Waals surface area contributed by atoms with Crippen LogP contribution in [-0.2, 0) is 73.0 Å². The van der Waals surface area contributed by atoms with Gasteiger partial charge in [0.05, 0.1) is 28.4 Å². The van der Waals surface area contributed by atoms with E-state index in [4.69, 9.17) is 37.5 Å². The van der Waals surface area contributed by atoms with Gasteiger partial charge in [-0.15, -0.1) is 0 Å². The summed E-state index contributed by atoms with van der Waals surface area (Å²) in [5.74, 6) is 2.34. The lowest BCUT2D eigenvalue weighted by molar-refractivity contribution is -0.175. The number of hydrogen-bond acceptors (Lipinski definition) is 9. The van der Waals surface area contributed by atoms with Gasteiger partial charge >= 0.3 is 0 Å². The molecule has 0 saturated carbocycles. The zero-order valence-corrected chi connectivity index (χ0v) is 57.2. The van der Waals surface area contributed by atoms with Gasteiger partial charge in [-0.05, 0) is 141 Å². The van der Waals surface area contributed by atoms with E-state index in [-0.39, 0.29) is 43.3 Å². The third-order valence-corrected chi connectivity index (χ3v) is 18.8. The Hall–Kier alpha value is -3.69. The van der Waals surface area contributed by atoms with Crippen molar-refractivity contribution in [3.63, 3.8) is 0 Å². The summed E-state index contributed by atoms with van der Waals surface area (Å²) in [6, 6.07) is 18.9. The van der Waals surface area contributed by atoms with E-state index in [9.17, 15) is 0 Å². The van der Waals surface area contributed by atoms with Gasteiger partial charge in [-0.2, -0.15) is 0 Å². The summed E-state index contributed by atoms with van der Waals surface area (Å²) >= 11 is 0. The van der Waals surface area contributed by atoms with E-state index in [0.717, 1.165) is 116 Å². The van der Waals surface area contributed by atoms with Crippen molar-refractivity contribution in [1.29, 1.82) is 0 Å². The van der Waals surface area contributed by atoms with Gasteiger partial charge in [0.25, 0.3) is 8.53 Å². The van der Waals surface area contributed by atoms with Crippen molar-refractivity contribution in [3.05, 3.63) is 115 Å². The molecule has 3 aliphatic heterocycles. The van der Waals surface area contributed by atoms with E-state index in [1.807, 2.05) is 28.4 Å². The van der Waals surface area contributed by atoms with Crippen molar-refractivity contribution in [2.45, 2.75) is 265 Å². The average Bonchev–Trinajstić information content (AvgIpc) is 3.72. The van der Waals surface area contributed by atoms with Crippen molar-refractivity contribution in [2.75, 3.05) is 41.5 Å². The van der Waals surface area contributed by atoms with Gasteiger partial charge in [-0.1, -0.05) is 166 Å². The van der Waals surface area contributed by atoms with Crippen LogP contribution in [-0.4, -0.2) is 64.2 Å². The Morgan fingerprint density at radius 1 is 0.358 bits per heavy atom. The van der Waals surface area contributed by atoms with Crippen LogP contribution in [0, 0.1) is 0 Å². The molecule has 0 aromatic heterocycles.